The third-order valence-corrected chi connectivity index (χ3v) is 2.33. The van der Waals surface area contributed by atoms with Gasteiger partial charge in [-0.25, -0.2) is 0 Å². The van der Waals surface area contributed by atoms with Crippen molar-refractivity contribution in [1.82, 2.24) is 4.98 Å². The van der Waals surface area contributed by atoms with Crippen molar-refractivity contribution in [1.29, 1.82) is 5.26 Å². The van der Waals surface area contributed by atoms with E-state index in [0.29, 0.717) is 17.1 Å². The molecule has 0 radical (unpaired) electrons. The molecule has 0 aliphatic rings. The molecule has 16 heavy (non-hydrogen) atoms. The van der Waals surface area contributed by atoms with E-state index in [1.54, 1.807) is 36.7 Å². The zero-order chi connectivity index (χ0) is 11.4. The predicted molar refractivity (Wildman–Crippen MR) is 63.2 cm³/mol. The minimum absolute atomic E-state index is 0.611. The molecule has 2 aromatic rings. The van der Waals surface area contributed by atoms with Gasteiger partial charge < -0.3 is 4.74 Å². The van der Waals surface area contributed by atoms with Crippen molar-refractivity contribution < 1.29 is 4.74 Å². The van der Waals surface area contributed by atoms with Gasteiger partial charge in [-0.3, -0.25) is 4.98 Å². The first kappa shape index (κ1) is 10.7. The Bertz CT molecular complexity index is 531. The monoisotopic (exact) mass is 274 g/mol. The van der Waals surface area contributed by atoms with Gasteiger partial charge in [0.1, 0.15) is 11.5 Å². The van der Waals surface area contributed by atoms with Gasteiger partial charge in [0.05, 0.1) is 17.8 Å². The van der Waals surface area contributed by atoms with Crippen LogP contribution in [-0.2, 0) is 0 Å². The molecule has 0 amide bonds. The number of benzene rings is 1. The molecule has 2 rings (SSSR count). The number of hydrogen-bond donors (Lipinski definition) is 0. The molecule has 0 fully saturated rings. The molecule has 0 aliphatic heterocycles. The van der Waals surface area contributed by atoms with Gasteiger partial charge in [0, 0.05) is 10.7 Å². The van der Waals surface area contributed by atoms with Crippen LogP contribution in [0.1, 0.15) is 5.56 Å². The molecule has 3 nitrogen and oxygen atoms in total. The number of aromatic nitrogens is 1. The van der Waals surface area contributed by atoms with E-state index in [1.807, 2.05) is 6.07 Å². The summed E-state index contributed by atoms with van der Waals surface area (Å²) in [4.78, 5) is 3.99. The molecule has 0 N–H and O–H groups in total. The second-order valence-electron chi connectivity index (χ2n) is 3.08. The first-order valence-electron chi connectivity index (χ1n) is 4.56. The molecule has 1 aromatic carbocycles. The molecule has 1 aromatic heterocycles. The Labute approximate surface area is 101 Å². The van der Waals surface area contributed by atoms with Gasteiger partial charge in [-0.2, -0.15) is 5.26 Å². The predicted octanol–water partition coefficient (Wildman–Crippen LogP) is 3.51. The summed E-state index contributed by atoms with van der Waals surface area (Å²) in [6.07, 6.45) is 3.31. The summed E-state index contributed by atoms with van der Waals surface area (Å²) in [6.45, 7) is 0. The summed E-state index contributed by atoms with van der Waals surface area (Å²) in [5, 5.41) is 8.65. The van der Waals surface area contributed by atoms with Gasteiger partial charge in [-0.1, -0.05) is 0 Å². The van der Waals surface area contributed by atoms with Gasteiger partial charge in [-0.15, -0.1) is 0 Å². The number of nitrogens with zero attached hydrogens (tertiary/aromatic N) is 2. The average molecular weight is 275 g/mol. The highest BCUT2D eigenvalue weighted by molar-refractivity contribution is 9.10. The lowest BCUT2D eigenvalue weighted by Crippen LogP contribution is -1.85. The minimum atomic E-state index is 0.611. The summed E-state index contributed by atoms with van der Waals surface area (Å²) in [5.74, 6) is 1.33. The van der Waals surface area contributed by atoms with Crippen molar-refractivity contribution in [3.63, 3.8) is 0 Å². The van der Waals surface area contributed by atoms with Gasteiger partial charge in [0.2, 0.25) is 0 Å². The maximum Gasteiger partial charge on any atom is 0.146 e. The zero-order valence-electron chi connectivity index (χ0n) is 8.22. The van der Waals surface area contributed by atoms with E-state index in [4.69, 9.17) is 10.00 Å². The smallest absolute Gasteiger partial charge is 0.146 e. The SMILES string of the molecule is N#Cc1ccc(Oc2cncc(Br)c2)cc1. The number of halogens is 1. The van der Waals surface area contributed by atoms with Crippen molar-refractivity contribution >= 4 is 15.9 Å². The van der Waals surface area contributed by atoms with E-state index in [1.165, 1.54) is 0 Å². The quantitative estimate of drug-likeness (QED) is 0.842. The summed E-state index contributed by atoms with van der Waals surface area (Å²) in [7, 11) is 0. The van der Waals surface area contributed by atoms with E-state index >= 15 is 0 Å². The maximum absolute atomic E-state index is 8.65. The number of hydrogen-bond acceptors (Lipinski definition) is 3. The Balaban J connectivity index is 2.18. The van der Waals surface area contributed by atoms with Crippen molar-refractivity contribution in [3.8, 4) is 17.6 Å². The summed E-state index contributed by atoms with van der Waals surface area (Å²) >= 11 is 3.31. The average Bonchev–Trinajstić information content (AvgIpc) is 2.30. The van der Waals surface area contributed by atoms with E-state index in [-0.39, 0.29) is 0 Å². The van der Waals surface area contributed by atoms with Gasteiger partial charge in [-0.05, 0) is 46.3 Å². The molecule has 0 aliphatic carbocycles. The summed E-state index contributed by atoms with van der Waals surface area (Å²) < 4.78 is 6.42. The molecule has 0 unspecified atom stereocenters. The van der Waals surface area contributed by atoms with Crippen LogP contribution < -0.4 is 4.74 Å². The Morgan fingerprint density at radius 1 is 1.12 bits per heavy atom. The molecule has 0 spiro atoms. The molecular weight excluding hydrogens is 268 g/mol. The van der Waals surface area contributed by atoms with Crippen LogP contribution in [0.25, 0.3) is 0 Å². The van der Waals surface area contributed by atoms with E-state index in [9.17, 15) is 0 Å². The first-order chi connectivity index (χ1) is 7.78. The fraction of sp³-hybridized carbons (Fsp3) is 0. The largest absolute Gasteiger partial charge is 0.456 e. The van der Waals surface area contributed by atoms with Gasteiger partial charge in [0.25, 0.3) is 0 Å². The van der Waals surface area contributed by atoms with Crippen molar-refractivity contribution in [2.75, 3.05) is 0 Å². The van der Waals surface area contributed by atoms with E-state index in [0.717, 1.165) is 4.47 Å². The molecule has 0 bridgehead atoms. The lowest BCUT2D eigenvalue weighted by molar-refractivity contribution is 0.480. The number of pyridine rings is 1. The van der Waals surface area contributed by atoms with Crippen LogP contribution in [-0.4, -0.2) is 4.98 Å². The molecular formula is C12H7BrN2O. The summed E-state index contributed by atoms with van der Waals surface area (Å²) in [5.41, 5.74) is 0.611. The van der Waals surface area contributed by atoms with E-state index < -0.39 is 0 Å². The first-order valence-corrected chi connectivity index (χ1v) is 5.36. The Kier molecular flexibility index (Phi) is 3.18. The Hall–Kier alpha value is -1.86. The van der Waals surface area contributed by atoms with Crippen LogP contribution in [0.3, 0.4) is 0 Å². The molecule has 78 valence electrons. The van der Waals surface area contributed by atoms with Gasteiger partial charge in [0.15, 0.2) is 0 Å². The van der Waals surface area contributed by atoms with Crippen LogP contribution in [0, 0.1) is 11.3 Å². The highest BCUT2D eigenvalue weighted by Gasteiger charge is 1.98. The summed E-state index contributed by atoms with van der Waals surface area (Å²) in [6, 6.07) is 10.8. The molecule has 0 saturated carbocycles. The minimum Gasteiger partial charge on any atom is -0.456 e. The molecule has 0 atom stereocenters. The normalized spacial score (nSPS) is 9.50. The second kappa shape index (κ2) is 4.77. The number of rotatable bonds is 2. The van der Waals surface area contributed by atoms with Crippen LogP contribution >= 0.6 is 15.9 Å². The van der Waals surface area contributed by atoms with Crippen LogP contribution in [0.15, 0.2) is 47.2 Å². The van der Waals surface area contributed by atoms with E-state index in [2.05, 4.69) is 27.0 Å². The molecule has 1 heterocycles. The Morgan fingerprint density at radius 2 is 1.88 bits per heavy atom. The second-order valence-corrected chi connectivity index (χ2v) is 3.99. The maximum atomic E-state index is 8.65. The lowest BCUT2D eigenvalue weighted by atomic mass is 10.2. The molecule has 4 heteroatoms. The fourth-order valence-corrected chi connectivity index (χ4v) is 1.53. The lowest BCUT2D eigenvalue weighted by Gasteiger charge is -2.04. The van der Waals surface area contributed by atoms with Gasteiger partial charge >= 0.3 is 0 Å². The third kappa shape index (κ3) is 2.59. The highest BCUT2D eigenvalue weighted by atomic mass is 79.9. The third-order valence-electron chi connectivity index (χ3n) is 1.90. The Morgan fingerprint density at radius 3 is 2.50 bits per heavy atom. The zero-order valence-corrected chi connectivity index (χ0v) is 9.81. The number of ether oxygens (including phenoxy) is 1. The standard InChI is InChI=1S/C12H7BrN2O/c13-10-5-12(8-15-7-10)16-11-3-1-9(6-14)2-4-11/h1-5,7-8H. The van der Waals surface area contributed by atoms with Crippen LogP contribution in [0.2, 0.25) is 0 Å². The van der Waals surface area contributed by atoms with Crippen molar-refractivity contribution in [2.45, 2.75) is 0 Å². The van der Waals surface area contributed by atoms with Crippen molar-refractivity contribution in [3.05, 3.63) is 52.8 Å². The molecule has 0 saturated heterocycles. The fourth-order valence-electron chi connectivity index (χ4n) is 1.18. The van der Waals surface area contributed by atoms with Crippen LogP contribution in [0.4, 0.5) is 0 Å². The van der Waals surface area contributed by atoms with Crippen LogP contribution in [0.5, 0.6) is 11.5 Å². The topological polar surface area (TPSA) is 45.9 Å². The highest BCUT2D eigenvalue weighted by Crippen LogP contribution is 2.23. The number of nitriles is 1. The van der Waals surface area contributed by atoms with Crippen molar-refractivity contribution in [2.24, 2.45) is 0 Å².